The van der Waals surface area contributed by atoms with Crippen LogP contribution in [0.3, 0.4) is 0 Å². The van der Waals surface area contributed by atoms with Crippen molar-refractivity contribution in [3.63, 3.8) is 0 Å². The van der Waals surface area contributed by atoms with Crippen LogP contribution in [0.25, 0.3) is 0 Å². The lowest BCUT2D eigenvalue weighted by Crippen LogP contribution is -2.17. The Hall–Kier alpha value is -1.68. The van der Waals surface area contributed by atoms with Gasteiger partial charge in [0.25, 0.3) is 10.0 Å². The monoisotopic (exact) mass is 375 g/mol. The number of sulfonamides is 1. The zero-order valence-electron chi connectivity index (χ0n) is 11.4. The topological polar surface area (TPSA) is 110 Å². The third kappa shape index (κ3) is 3.91. The van der Waals surface area contributed by atoms with Gasteiger partial charge in [-0.3, -0.25) is 0 Å². The number of anilines is 2. The molecule has 0 saturated carbocycles. The van der Waals surface area contributed by atoms with E-state index in [9.17, 15) is 8.42 Å². The average molecular weight is 376 g/mol. The zero-order valence-corrected chi connectivity index (χ0v) is 13.8. The van der Waals surface area contributed by atoms with Crippen LogP contribution < -0.4 is 10.0 Å². The highest BCUT2D eigenvalue weighted by Crippen LogP contribution is 2.24. The molecule has 0 aromatic carbocycles. The van der Waals surface area contributed by atoms with Crippen molar-refractivity contribution in [1.29, 1.82) is 0 Å². The molecule has 0 saturated heterocycles. The minimum absolute atomic E-state index is 0.00109. The van der Waals surface area contributed by atoms with Gasteiger partial charge in [0.05, 0.1) is 0 Å². The van der Waals surface area contributed by atoms with Crippen molar-refractivity contribution >= 4 is 37.8 Å². The summed E-state index contributed by atoms with van der Waals surface area (Å²) in [4.78, 5) is 7.90. The lowest BCUT2D eigenvalue weighted by atomic mass is 10.4. The summed E-state index contributed by atoms with van der Waals surface area (Å²) in [5.41, 5.74) is 0. The highest BCUT2D eigenvalue weighted by atomic mass is 79.9. The minimum Gasteiger partial charge on any atom is -0.369 e. The second-order valence-electron chi connectivity index (χ2n) is 4.18. The number of rotatable bonds is 6. The SMILES string of the molecule is CCCNc1ncc(Br)cc1S(=O)(=O)Nc1nc(C)no1. The van der Waals surface area contributed by atoms with E-state index in [1.165, 1.54) is 12.3 Å². The Morgan fingerprint density at radius 3 is 2.81 bits per heavy atom. The van der Waals surface area contributed by atoms with Gasteiger partial charge in [0.15, 0.2) is 5.82 Å². The highest BCUT2D eigenvalue weighted by Gasteiger charge is 2.22. The van der Waals surface area contributed by atoms with Crippen LogP contribution in [0.2, 0.25) is 0 Å². The smallest absolute Gasteiger partial charge is 0.335 e. The van der Waals surface area contributed by atoms with Gasteiger partial charge < -0.3 is 9.84 Å². The number of hydrogen-bond donors (Lipinski definition) is 2. The fourth-order valence-electron chi connectivity index (χ4n) is 1.51. The fraction of sp³-hybridized carbons (Fsp3) is 0.364. The number of halogens is 1. The van der Waals surface area contributed by atoms with Gasteiger partial charge in [-0.2, -0.15) is 4.98 Å². The molecule has 2 aromatic rings. The standard InChI is InChI=1S/C11H14BrN5O3S/c1-3-4-13-10-9(5-8(12)6-14-10)21(18,19)17-11-15-7(2)16-20-11/h5-6H,3-4H2,1-2H3,(H,13,14)(H,15,16,17). The van der Waals surface area contributed by atoms with Crippen LogP contribution >= 0.6 is 15.9 Å². The molecule has 0 bridgehead atoms. The van der Waals surface area contributed by atoms with E-state index in [1.807, 2.05) is 6.92 Å². The number of aromatic nitrogens is 3. The zero-order chi connectivity index (χ0) is 15.5. The van der Waals surface area contributed by atoms with Crippen LogP contribution in [0, 0.1) is 6.92 Å². The van der Waals surface area contributed by atoms with E-state index in [0.29, 0.717) is 16.8 Å². The third-order valence-electron chi connectivity index (χ3n) is 2.40. The lowest BCUT2D eigenvalue weighted by molar-refractivity contribution is 0.429. The molecule has 21 heavy (non-hydrogen) atoms. The maximum Gasteiger partial charge on any atom is 0.335 e. The van der Waals surface area contributed by atoms with E-state index in [0.717, 1.165) is 6.42 Å². The molecule has 10 heteroatoms. The predicted molar refractivity (Wildman–Crippen MR) is 80.6 cm³/mol. The van der Waals surface area contributed by atoms with Crippen LogP contribution in [0.4, 0.5) is 11.8 Å². The third-order valence-corrected chi connectivity index (χ3v) is 4.17. The Morgan fingerprint density at radius 2 is 2.19 bits per heavy atom. The highest BCUT2D eigenvalue weighted by molar-refractivity contribution is 9.10. The minimum atomic E-state index is -3.88. The fourth-order valence-corrected chi connectivity index (χ4v) is 3.08. The lowest BCUT2D eigenvalue weighted by Gasteiger charge is -2.11. The quantitative estimate of drug-likeness (QED) is 0.795. The van der Waals surface area contributed by atoms with E-state index in [1.54, 1.807) is 6.92 Å². The first-order chi connectivity index (χ1) is 9.92. The van der Waals surface area contributed by atoms with Crippen LogP contribution in [-0.4, -0.2) is 30.1 Å². The first kappa shape index (κ1) is 15.7. The summed E-state index contributed by atoms with van der Waals surface area (Å²) in [5.74, 6) is 0.605. The van der Waals surface area contributed by atoms with E-state index < -0.39 is 10.0 Å². The Kier molecular flexibility index (Phi) is 4.78. The van der Waals surface area contributed by atoms with Crippen molar-refractivity contribution in [1.82, 2.24) is 15.1 Å². The Balaban J connectivity index is 2.35. The molecule has 2 rings (SSSR count). The van der Waals surface area contributed by atoms with Gasteiger partial charge in [-0.1, -0.05) is 12.1 Å². The number of hydrogen-bond acceptors (Lipinski definition) is 7. The molecule has 0 unspecified atom stereocenters. The van der Waals surface area contributed by atoms with Gasteiger partial charge in [0.1, 0.15) is 10.7 Å². The van der Waals surface area contributed by atoms with E-state index in [2.05, 4.69) is 41.1 Å². The molecular weight excluding hydrogens is 362 g/mol. The van der Waals surface area contributed by atoms with Crippen LogP contribution in [0.15, 0.2) is 26.2 Å². The maximum atomic E-state index is 12.4. The van der Waals surface area contributed by atoms with E-state index in [-0.39, 0.29) is 16.7 Å². The van der Waals surface area contributed by atoms with Crippen LogP contribution in [-0.2, 0) is 10.0 Å². The summed E-state index contributed by atoms with van der Waals surface area (Å²) in [6, 6.07) is 1.27. The molecule has 114 valence electrons. The van der Waals surface area contributed by atoms with Crippen molar-refractivity contribution in [2.45, 2.75) is 25.2 Å². The Bertz CT molecular complexity index is 731. The van der Waals surface area contributed by atoms with Gasteiger partial charge in [-0.25, -0.2) is 18.1 Å². The van der Waals surface area contributed by atoms with Crippen LogP contribution in [0.1, 0.15) is 19.2 Å². The average Bonchev–Trinajstić information content (AvgIpc) is 2.82. The molecule has 2 heterocycles. The van der Waals surface area contributed by atoms with Crippen LogP contribution in [0.5, 0.6) is 0 Å². The van der Waals surface area contributed by atoms with E-state index in [4.69, 9.17) is 4.52 Å². The molecule has 0 aliphatic rings. The molecular formula is C11H14BrN5O3S. The molecule has 8 nitrogen and oxygen atoms in total. The first-order valence-corrected chi connectivity index (χ1v) is 8.42. The van der Waals surface area contributed by atoms with Gasteiger partial charge in [-0.05, 0) is 35.3 Å². The maximum absolute atomic E-state index is 12.4. The van der Waals surface area contributed by atoms with Gasteiger partial charge in [0, 0.05) is 17.2 Å². The van der Waals surface area contributed by atoms with Crippen molar-refractivity contribution in [3.8, 4) is 0 Å². The van der Waals surface area contributed by atoms with Crippen molar-refractivity contribution in [3.05, 3.63) is 22.6 Å². The predicted octanol–water partition coefficient (Wildman–Crippen LogP) is 2.16. The number of nitrogens with one attached hydrogen (secondary N) is 2. The summed E-state index contributed by atoms with van der Waals surface area (Å²) >= 11 is 3.21. The van der Waals surface area contributed by atoms with Crippen molar-refractivity contribution in [2.24, 2.45) is 0 Å². The summed E-state index contributed by atoms with van der Waals surface area (Å²) in [6.07, 6.45) is 2.36. The van der Waals surface area contributed by atoms with E-state index >= 15 is 0 Å². The van der Waals surface area contributed by atoms with Gasteiger partial charge >= 0.3 is 6.01 Å². The molecule has 2 N–H and O–H groups in total. The number of nitrogens with zero attached hydrogens (tertiary/aromatic N) is 3. The number of pyridine rings is 1. The summed E-state index contributed by atoms with van der Waals surface area (Å²) < 4.78 is 32.4. The summed E-state index contributed by atoms with van der Waals surface area (Å²) in [7, 11) is -3.88. The molecule has 0 amide bonds. The molecule has 0 spiro atoms. The largest absolute Gasteiger partial charge is 0.369 e. The van der Waals surface area contributed by atoms with Gasteiger partial charge in [-0.15, -0.1) is 0 Å². The normalized spacial score (nSPS) is 11.4. The molecule has 0 aliphatic carbocycles. The summed E-state index contributed by atoms with van der Waals surface area (Å²) in [5, 5.41) is 6.50. The first-order valence-electron chi connectivity index (χ1n) is 6.15. The second kappa shape index (κ2) is 6.39. The Morgan fingerprint density at radius 1 is 1.43 bits per heavy atom. The molecule has 0 aliphatic heterocycles. The number of aryl methyl sites for hydroxylation is 1. The second-order valence-corrected chi connectivity index (χ2v) is 6.75. The van der Waals surface area contributed by atoms with Crippen molar-refractivity contribution < 1.29 is 12.9 Å². The van der Waals surface area contributed by atoms with Gasteiger partial charge in [0.2, 0.25) is 0 Å². The molecule has 0 fully saturated rings. The molecule has 0 radical (unpaired) electrons. The molecule has 0 atom stereocenters. The Labute approximate surface area is 130 Å². The summed E-state index contributed by atoms with van der Waals surface area (Å²) in [6.45, 7) is 4.17. The van der Waals surface area contributed by atoms with Crippen molar-refractivity contribution in [2.75, 3.05) is 16.6 Å². The molecule has 2 aromatic heterocycles.